The smallest absolute Gasteiger partial charge is 0.121 e. The van der Waals surface area contributed by atoms with Gasteiger partial charge in [0, 0.05) is 18.3 Å². The van der Waals surface area contributed by atoms with Crippen molar-refractivity contribution in [2.45, 2.75) is 39.2 Å². The molecule has 3 nitrogen and oxygen atoms in total. The average molecular weight is 258 g/mol. The number of rotatable bonds is 7. The Balaban J connectivity index is 2.06. The molecule has 0 aromatic carbocycles. The van der Waals surface area contributed by atoms with Crippen LogP contribution in [0.1, 0.15) is 43.3 Å². The van der Waals surface area contributed by atoms with Gasteiger partial charge in [0.15, 0.2) is 0 Å². The zero-order chi connectivity index (χ0) is 13.5. The summed E-state index contributed by atoms with van der Waals surface area (Å²) in [6, 6.07) is 8.43. The first-order valence-electron chi connectivity index (χ1n) is 7.04. The molecule has 2 aromatic rings. The van der Waals surface area contributed by atoms with E-state index < -0.39 is 0 Å². The maximum Gasteiger partial charge on any atom is 0.121 e. The molecule has 1 unspecified atom stereocenters. The Bertz CT molecular complexity index is 462. The van der Waals surface area contributed by atoms with Crippen molar-refractivity contribution in [3.8, 4) is 0 Å². The topological polar surface area (TPSA) is 38.1 Å². The molecule has 2 aromatic heterocycles. The molecule has 0 spiro atoms. The molecular weight excluding hydrogens is 236 g/mol. The lowest BCUT2D eigenvalue weighted by molar-refractivity contribution is 0.408. The number of furan rings is 1. The minimum Gasteiger partial charge on any atom is -0.468 e. The number of nitrogens with zero attached hydrogens (tertiary/aromatic N) is 1. The third-order valence-corrected chi connectivity index (χ3v) is 3.23. The Morgan fingerprint density at radius 1 is 1.26 bits per heavy atom. The lowest BCUT2D eigenvalue weighted by Crippen LogP contribution is -2.24. The summed E-state index contributed by atoms with van der Waals surface area (Å²) in [6.45, 7) is 5.30. The fraction of sp³-hybridized carbons (Fsp3) is 0.438. The zero-order valence-electron chi connectivity index (χ0n) is 11.7. The van der Waals surface area contributed by atoms with E-state index in [1.165, 1.54) is 5.56 Å². The lowest BCUT2D eigenvalue weighted by atomic mass is 10.1. The van der Waals surface area contributed by atoms with Crippen LogP contribution < -0.4 is 5.32 Å². The molecular formula is C16H22N2O. The van der Waals surface area contributed by atoms with E-state index in [0.717, 1.165) is 37.3 Å². The first kappa shape index (κ1) is 13.8. The molecule has 2 heterocycles. The Hall–Kier alpha value is -1.61. The molecule has 2 rings (SSSR count). The van der Waals surface area contributed by atoms with Crippen LogP contribution >= 0.6 is 0 Å². The predicted molar refractivity (Wildman–Crippen MR) is 77.1 cm³/mol. The summed E-state index contributed by atoms with van der Waals surface area (Å²) in [6.07, 6.45) is 6.69. The highest BCUT2D eigenvalue weighted by Crippen LogP contribution is 2.18. The molecule has 1 atom stereocenters. The van der Waals surface area contributed by atoms with E-state index in [9.17, 15) is 0 Å². The summed E-state index contributed by atoms with van der Waals surface area (Å²) >= 11 is 0. The van der Waals surface area contributed by atoms with Gasteiger partial charge >= 0.3 is 0 Å². The van der Waals surface area contributed by atoms with Crippen LogP contribution in [0.3, 0.4) is 0 Å². The summed E-state index contributed by atoms with van der Waals surface area (Å²) in [5.74, 6) is 0.981. The third-order valence-electron chi connectivity index (χ3n) is 3.23. The van der Waals surface area contributed by atoms with E-state index in [-0.39, 0.29) is 6.04 Å². The van der Waals surface area contributed by atoms with Crippen molar-refractivity contribution in [1.29, 1.82) is 0 Å². The normalized spacial score (nSPS) is 12.5. The van der Waals surface area contributed by atoms with Gasteiger partial charge in [-0.15, -0.1) is 0 Å². The molecule has 102 valence electrons. The molecule has 0 bridgehead atoms. The van der Waals surface area contributed by atoms with Crippen molar-refractivity contribution in [3.63, 3.8) is 0 Å². The third kappa shape index (κ3) is 3.93. The minimum atomic E-state index is 0.204. The second-order valence-electron chi connectivity index (χ2n) is 4.74. The molecule has 0 saturated carbocycles. The van der Waals surface area contributed by atoms with Gasteiger partial charge in [-0.25, -0.2) is 0 Å². The summed E-state index contributed by atoms with van der Waals surface area (Å²) in [5.41, 5.74) is 2.38. The zero-order valence-corrected chi connectivity index (χ0v) is 11.7. The van der Waals surface area contributed by atoms with E-state index >= 15 is 0 Å². The van der Waals surface area contributed by atoms with Gasteiger partial charge in [-0.05, 0) is 43.1 Å². The van der Waals surface area contributed by atoms with Gasteiger partial charge < -0.3 is 9.73 Å². The van der Waals surface area contributed by atoms with Crippen molar-refractivity contribution in [3.05, 3.63) is 53.7 Å². The number of hydrogen-bond donors (Lipinski definition) is 1. The van der Waals surface area contributed by atoms with E-state index in [1.54, 1.807) is 6.26 Å². The standard InChI is InChI=1S/C16H22N2O/c1-3-9-17-15(16-6-5-10-19-16)11-14-8-7-13(4-2)12-18-14/h5-8,10,12,15,17H,3-4,9,11H2,1-2H3. The monoisotopic (exact) mass is 258 g/mol. The van der Waals surface area contributed by atoms with E-state index in [2.05, 4.69) is 36.3 Å². The maximum absolute atomic E-state index is 5.52. The van der Waals surface area contributed by atoms with Crippen LogP contribution in [0.15, 0.2) is 41.1 Å². The first-order chi connectivity index (χ1) is 9.33. The Morgan fingerprint density at radius 3 is 2.74 bits per heavy atom. The second kappa shape index (κ2) is 7.10. The van der Waals surface area contributed by atoms with E-state index in [0.29, 0.717) is 0 Å². The van der Waals surface area contributed by atoms with Crippen molar-refractivity contribution in [2.24, 2.45) is 0 Å². The highest BCUT2D eigenvalue weighted by atomic mass is 16.3. The number of aromatic nitrogens is 1. The summed E-state index contributed by atoms with van der Waals surface area (Å²) in [4.78, 5) is 4.53. The Labute approximate surface area is 115 Å². The molecule has 0 aliphatic rings. The number of aryl methyl sites for hydroxylation is 1. The van der Waals surface area contributed by atoms with Crippen LogP contribution in [0.5, 0.6) is 0 Å². The van der Waals surface area contributed by atoms with Crippen LogP contribution in [0.25, 0.3) is 0 Å². The Kier molecular flexibility index (Phi) is 5.16. The molecule has 0 aliphatic carbocycles. The molecule has 0 saturated heterocycles. The van der Waals surface area contributed by atoms with Gasteiger partial charge in [0.1, 0.15) is 5.76 Å². The molecule has 1 N–H and O–H groups in total. The largest absolute Gasteiger partial charge is 0.468 e. The lowest BCUT2D eigenvalue weighted by Gasteiger charge is -2.16. The van der Waals surface area contributed by atoms with Gasteiger partial charge in [0.05, 0.1) is 12.3 Å². The van der Waals surface area contributed by atoms with Crippen LogP contribution in [0.4, 0.5) is 0 Å². The minimum absolute atomic E-state index is 0.204. The van der Waals surface area contributed by atoms with Crippen LogP contribution in [0, 0.1) is 0 Å². The summed E-state index contributed by atoms with van der Waals surface area (Å²) in [7, 11) is 0. The molecule has 19 heavy (non-hydrogen) atoms. The second-order valence-corrected chi connectivity index (χ2v) is 4.74. The van der Waals surface area contributed by atoms with Crippen LogP contribution in [-0.2, 0) is 12.8 Å². The summed E-state index contributed by atoms with van der Waals surface area (Å²) in [5, 5.41) is 3.52. The number of hydrogen-bond acceptors (Lipinski definition) is 3. The number of pyridine rings is 1. The SMILES string of the molecule is CCCNC(Cc1ccc(CC)cn1)c1ccco1. The van der Waals surface area contributed by atoms with Crippen molar-refractivity contribution in [2.75, 3.05) is 6.54 Å². The van der Waals surface area contributed by atoms with Gasteiger partial charge in [0.2, 0.25) is 0 Å². The van der Waals surface area contributed by atoms with Crippen molar-refractivity contribution in [1.82, 2.24) is 10.3 Å². The number of nitrogens with one attached hydrogen (secondary N) is 1. The predicted octanol–water partition coefficient (Wildman–Crippen LogP) is 3.52. The fourth-order valence-electron chi connectivity index (χ4n) is 2.08. The molecule has 0 amide bonds. The quantitative estimate of drug-likeness (QED) is 0.825. The van der Waals surface area contributed by atoms with Gasteiger partial charge in [0.25, 0.3) is 0 Å². The Morgan fingerprint density at radius 2 is 2.16 bits per heavy atom. The summed E-state index contributed by atoms with van der Waals surface area (Å²) < 4.78 is 5.52. The molecule has 0 radical (unpaired) electrons. The maximum atomic E-state index is 5.52. The van der Waals surface area contributed by atoms with Gasteiger partial charge in [-0.3, -0.25) is 4.98 Å². The van der Waals surface area contributed by atoms with E-state index in [4.69, 9.17) is 4.42 Å². The molecule has 0 fully saturated rings. The highest BCUT2D eigenvalue weighted by molar-refractivity contribution is 5.16. The molecule has 3 heteroatoms. The fourth-order valence-corrected chi connectivity index (χ4v) is 2.08. The highest BCUT2D eigenvalue weighted by Gasteiger charge is 2.14. The molecule has 0 aliphatic heterocycles. The average Bonchev–Trinajstić information content (AvgIpc) is 2.98. The van der Waals surface area contributed by atoms with Crippen LogP contribution in [-0.4, -0.2) is 11.5 Å². The van der Waals surface area contributed by atoms with E-state index in [1.807, 2.05) is 18.3 Å². The van der Waals surface area contributed by atoms with Crippen molar-refractivity contribution >= 4 is 0 Å². The van der Waals surface area contributed by atoms with Gasteiger partial charge in [-0.2, -0.15) is 0 Å². The van der Waals surface area contributed by atoms with Crippen LogP contribution in [0.2, 0.25) is 0 Å². The van der Waals surface area contributed by atoms with Gasteiger partial charge in [-0.1, -0.05) is 19.9 Å². The van der Waals surface area contributed by atoms with Crippen molar-refractivity contribution < 1.29 is 4.42 Å². The first-order valence-corrected chi connectivity index (χ1v) is 7.04.